The summed E-state index contributed by atoms with van der Waals surface area (Å²) in [6.45, 7) is 0.951. The van der Waals surface area contributed by atoms with E-state index in [1.807, 2.05) is 0 Å². The van der Waals surface area contributed by atoms with Crippen LogP contribution >= 0.6 is 0 Å². The molecule has 0 aliphatic heterocycles. The molecule has 0 fully saturated rings. The Balaban J connectivity index is 2.34. The summed E-state index contributed by atoms with van der Waals surface area (Å²) < 4.78 is 6.17. The second kappa shape index (κ2) is 7.38. The van der Waals surface area contributed by atoms with Crippen LogP contribution in [0.3, 0.4) is 0 Å². The van der Waals surface area contributed by atoms with Gasteiger partial charge in [0.15, 0.2) is 0 Å². The van der Waals surface area contributed by atoms with Crippen molar-refractivity contribution in [2.75, 3.05) is 20.3 Å². The Morgan fingerprint density at radius 1 is 1.56 bits per heavy atom. The molecule has 0 atom stereocenters. The van der Waals surface area contributed by atoms with Gasteiger partial charge in [-0.15, -0.1) is 5.10 Å². The van der Waals surface area contributed by atoms with Gasteiger partial charge in [0.25, 0.3) is 0 Å². The summed E-state index contributed by atoms with van der Waals surface area (Å²) in [5, 5.41) is 18.7. The van der Waals surface area contributed by atoms with Crippen LogP contribution in [0.5, 0.6) is 0 Å². The van der Waals surface area contributed by atoms with Crippen LogP contribution in [0.15, 0.2) is 6.20 Å². The van der Waals surface area contributed by atoms with Gasteiger partial charge in [-0.2, -0.15) is 0 Å². The summed E-state index contributed by atoms with van der Waals surface area (Å²) in [7, 11) is 1.55. The molecule has 1 aromatic heterocycles. The van der Waals surface area contributed by atoms with Crippen LogP contribution in [-0.4, -0.2) is 52.2 Å². The van der Waals surface area contributed by atoms with Crippen molar-refractivity contribution in [3.8, 4) is 0 Å². The number of nitrogens with zero attached hydrogens (tertiary/aromatic N) is 3. The van der Waals surface area contributed by atoms with Crippen molar-refractivity contribution in [3.05, 3.63) is 11.9 Å². The minimum atomic E-state index is -0.887. The van der Waals surface area contributed by atoms with Crippen LogP contribution < -0.4 is 5.32 Å². The molecule has 0 spiro atoms. The highest BCUT2D eigenvalue weighted by Gasteiger charge is 2.07. The third-order valence-electron chi connectivity index (χ3n) is 2.12. The Kier molecular flexibility index (Phi) is 5.78. The zero-order valence-electron chi connectivity index (χ0n) is 10.1. The number of aryl methyl sites for hydroxylation is 1. The molecular formula is C10H16N4O4. The Labute approximate surface area is 104 Å². The molecule has 18 heavy (non-hydrogen) atoms. The van der Waals surface area contributed by atoms with E-state index in [1.54, 1.807) is 13.3 Å². The first-order chi connectivity index (χ1) is 8.61. The standard InChI is InChI=1S/C10H16N4O4/c1-18-5-4-11-9(15)7-14-6-8(12-13-14)2-3-10(16)17/h6H,2-5,7H2,1H3,(H,11,15)(H,16,17). The minimum Gasteiger partial charge on any atom is -0.481 e. The molecule has 1 aromatic rings. The SMILES string of the molecule is COCCNC(=O)Cn1cc(CCC(=O)O)nn1. The number of amides is 1. The predicted octanol–water partition coefficient (Wildman–Crippen LogP) is -0.942. The zero-order chi connectivity index (χ0) is 13.4. The van der Waals surface area contributed by atoms with Crippen LogP contribution in [0.1, 0.15) is 12.1 Å². The van der Waals surface area contributed by atoms with E-state index in [1.165, 1.54) is 4.68 Å². The number of ether oxygens (including phenoxy) is 1. The maximum absolute atomic E-state index is 11.4. The summed E-state index contributed by atoms with van der Waals surface area (Å²) in [6.07, 6.45) is 1.87. The van der Waals surface area contributed by atoms with E-state index < -0.39 is 5.97 Å². The van der Waals surface area contributed by atoms with Crippen LogP contribution in [0.4, 0.5) is 0 Å². The van der Waals surface area contributed by atoms with E-state index in [2.05, 4.69) is 15.6 Å². The smallest absolute Gasteiger partial charge is 0.303 e. The molecule has 0 unspecified atom stereocenters. The van der Waals surface area contributed by atoms with Crippen molar-refractivity contribution in [1.82, 2.24) is 20.3 Å². The van der Waals surface area contributed by atoms with Gasteiger partial charge in [0, 0.05) is 26.3 Å². The fourth-order valence-corrected chi connectivity index (χ4v) is 1.26. The fourth-order valence-electron chi connectivity index (χ4n) is 1.26. The van der Waals surface area contributed by atoms with Gasteiger partial charge in [-0.3, -0.25) is 9.59 Å². The number of aromatic nitrogens is 3. The topological polar surface area (TPSA) is 106 Å². The molecule has 0 radical (unpaired) electrons. The third-order valence-corrected chi connectivity index (χ3v) is 2.12. The normalized spacial score (nSPS) is 10.3. The highest BCUT2D eigenvalue weighted by molar-refractivity contribution is 5.75. The van der Waals surface area contributed by atoms with Crippen LogP contribution in [-0.2, 0) is 27.3 Å². The third kappa shape index (κ3) is 5.39. The number of carbonyl (C=O) groups excluding carboxylic acids is 1. The van der Waals surface area contributed by atoms with Gasteiger partial charge in [0.05, 0.1) is 18.7 Å². The molecule has 2 N–H and O–H groups in total. The van der Waals surface area contributed by atoms with Gasteiger partial charge in [0.2, 0.25) is 5.91 Å². The van der Waals surface area contributed by atoms with Gasteiger partial charge in [-0.25, -0.2) is 4.68 Å². The maximum Gasteiger partial charge on any atom is 0.303 e. The van der Waals surface area contributed by atoms with Crippen molar-refractivity contribution in [2.24, 2.45) is 0 Å². The lowest BCUT2D eigenvalue weighted by Crippen LogP contribution is -2.30. The van der Waals surface area contributed by atoms with E-state index in [9.17, 15) is 9.59 Å². The lowest BCUT2D eigenvalue weighted by atomic mass is 10.2. The number of methoxy groups -OCH3 is 1. The van der Waals surface area contributed by atoms with Crippen molar-refractivity contribution < 1.29 is 19.4 Å². The second-order valence-electron chi connectivity index (χ2n) is 3.64. The quantitative estimate of drug-likeness (QED) is 0.581. The van der Waals surface area contributed by atoms with Crippen LogP contribution in [0, 0.1) is 0 Å². The Hall–Kier alpha value is -1.96. The van der Waals surface area contributed by atoms with Crippen molar-refractivity contribution in [1.29, 1.82) is 0 Å². The van der Waals surface area contributed by atoms with Crippen molar-refractivity contribution >= 4 is 11.9 Å². The van der Waals surface area contributed by atoms with E-state index in [-0.39, 0.29) is 18.9 Å². The Morgan fingerprint density at radius 3 is 3.00 bits per heavy atom. The molecule has 1 heterocycles. The molecule has 100 valence electrons. The molecule has 1 amide bonds. The summed E-state index contributed by atoms with van der Waals surface area (Å²) in [5.74, 6) is -1.08. The number of hydrogen-bond acceptors (Lipinski definition) is 5. The monoisotopic (exact) mass is 256 g/mol. The summed E-state index contributed by atoms with van der Waals surface area (Å²) >= 11 is 0. The van der Waals surface area contributed by atoms with E-state index in [4.69, 9.17) is 9.84 Å². The first-order valence-corrected chi connectivity index (χ1v) is 5.48. The predicted molar refractivity (Wildman–Crippen MR) is 60.9 cm³/mol. The molecule has 0 aliphatic carbocycles. The molecule has 0 aliphatic rings. The Bertz CT molecular complexity index is 404. The number of aliphatic carboxylic acids is 1. The van der Waals surface area contributed by atoms with Gasteiger partial charge in [0.1, 0.15) is 6.54 Å². The summed E-state index contributed by atoms with van der Waals surface area (Å²) in [5.41, 5.74) is 0.557. The van der Waals surface area contributed by atoms with E-state index >= 15 is 0 Å². The number of carbonyl (C=O) groups is 2. The number of hydrogen-bond donors (Lipinski definition) is 2. The average molecular weight is 256 g/mol. The Morgan fingerprint density at radius 2 is 2.33 bits per heavy atom. The first-order valence-electron chi connectivity index (χ1n) is 5.48. The molecule has 1 rings (SSSR count). The van der Waals surface area contributed by atoms with E-state index in [0.717, 1.165) is 0 Å². The van der Waals surface area contributed by atoms with E-state index in [0.29, 0.717) is 25.3 Å². The van der Waals surface area contributed by atoms with Gasteiger partial charge < -0.3 is 15.2 Å². The fraction of sp³-hybridized carbons (Fsp3) is 0.600. The average Bonchev–Trinajstić information content (AvgIpc) is 2.74. The molecule has 8 nitrogen and oxygen atoms in total. The highest BCUT2D eigenvalue weighted by atomic mass is 16.5. The van der Waals surface area contributed by atoms with Gasteiger partial charge in [-0.1, -0.05) is 5.21 Å². The number of carboxylic acids is 1. The zero-order valence-corrected chi connectivity index (χ0v) is 10.1. The largest absolute Gasteiger partial charge is 0.481 e. The molecule has 0 saturated heterocycles. The number of nitrogens with one attached hydrogen (secondary N) is 1. The van der Waals surface area contributed by atoms with Crippen molar-refractivity contribution in [3.63, 3.8) is 0 Å². The van der Waals surface area contributed by atoms with Gasteiger partial charge in [-0.05, 0) is 0 Å². The highest BCUT2D eigenvalue weighted by Crippen LogP contribution is 1.98. The summed E-state index contributed by atoms with van der Waals surface area (Å²) in [4.78, 5) is 21.8. The second-order valence-corrected chi connectivity index (χ2v) is 3.64. The lowest BCUT2D eigenvalue weighted by molar-refractivity contribution is -0.137. The number of carboxylic acid groups (broad SMARTS) is 1. The first kappa shape index (κ1) is 14.1. The minimum absolute atomic E-state index is 0.00126. The van der Waals surface area contributed by atoms with Crippen molar-refractivity contribution in [2.45, 2.75) is 19.4 Å². The van der Waals surface area contributed by atoms with Gasteiger partial charge >= 0.3 is 5.97 Å². The molecular weight excluding hydrogens is 240 g/mol. The van der Waals surface area contributed by atoms with Crippen LogP contribution in [0.2, 0.25) is 0 Å². The molecule has 0 bridgehead atoms. The summed E-state index contributed by atoms with van der Waals surface area (Å²) in [6, 6.07) is 0. The molecule has 8 heteroatoms. The molecule has 0 aromatic carbocycles. The maximum atomic E-state index is 11.4. The number of rotatable bonds is 8. The van der Waals surface area contributed by atoms with Crippen LogP contribution in [0.25, 0.3) is 0 Å². The molecule has 0 saturated carbocycles. The lowest BCUT2D eigenvalue weighted by Gasteiger charge is -2.03.